The second kappa shape index (κ2) is 15.1. The van der Waals surface area contributed by atoms with Crippen LogP contribution >= 0.6 is 0 Å². The highest BCUT2D eigenvalue weighted by Crippen LogP contribution is 2.27. The van der Waals surface area contributed by atoms with Crippen LogP contribution in [0.3, 0.4) is 0 Å². The van der Waals surface area contributed by atoms with E-state index in [2.05, 4.69) is 15.3 Å². The van der Waals surface area contributed by atoms with Crippen LogP contribution in [-0.2, 0) is 9.59 Å². The highest BCUT2D eigenvalue weighted by molar-refractivity contribution is 5.81. The molecule has 0 spiro atoms. The van der Waals surface area contributed by atoms with Crippen molar-refractivity contribution in [3.8, 4) is 0 Å². The van der Waals surface area contributed by atoms with E-state index >= 15 is 0 Å². The van der Waals surface area contributed by atoms with Gasteiger partial charge in [-0.15, -0.1) is 0 Å². The Kier molecular flexibility index (Phi) is 12.7. The molecule has 8 heteroatoms. The van der Waals surface area contributed by atoms with Gasteiger partial charge in [0.2, 0.25) is 0 Å². The molecule has 1 rings (SSSR count). The van der Waals surface area contributed by atoms with Crippen LogP contribution < -0.4 is 11.5 Å². The Bertz CT molecular complexity index is 666. The Morgan fingerprint density at radius 1 is 1.17 bits per heavy atom. The summed E-state index contributed by atoms with van der Waals surface area (Å²) in [7, 11) is 0. The van der Waals surface area contributed by atoms with E-state index in [1.807, 2.05) is 19.1 Å². The number of aliphatic imine (C=N–C) groups is 1. The molecule has 0 saturated heterocycles. The first-order valence-corrected chi connectivity index (χ1v) is 10.7. The second-order valence-corrected chi connectivity index (χ2v) is 7.66. The molecule has 168 valence electrons. The molecule has 0 saturated carbocycles. The summed E-state index contributed by atoms with van der Waals surface area (Å²) in [5.41, 5.74) is 11.4. The molecule has 0 radical (unpaired) electrons. The minimum atomic E-state index is -1.04. The van der Waals surface area contributed by atoms with Gasteiger partial charge < -0.3 is 31.7 Å². The SMILES string of the molecule is C[C@H](C=O)CCCCCCCCC[C@@H]([N-]c1ccc[nH]1)/C(=C/C(=O)O)CN=C(N)N. The minimum absolute atomic E-state index is 0.0764. The van der Waals surface area contributed by atoms with Crippen molar-refractivity contribution in [3.05, 3.63) is 35.3 Å². The fourth-order valence-electron chi connectivity index (χ4n) is 3.25. The number of aliphatic carboxylic acids is 1. The number of carbonyl (C=O) groups excluding carboxylic acids is 1. The number of rotatable bonds is 17. The van der Waals surface area contributed by atoms with Gasteiger partial charge in [-0.25, -0.2) is 9.79 Å². The van der Waals surface area contributed by atoms with Crippen molar-refractivity contribution in [3.63, 3.8) is 0 Å². The van der Waals surface area contributed by atoms with Crippen LogP contribution in [0.4, 0.5) is 5.82 Å². The number of nitrogens with two attached hydrogens (primary N) is 2. The van der Waals surface area contributed by atoms with E-state index in [0.29, 0.717) is 11.4 Å². The highest BCUT2D eigenvalue weighted by Gasteiger charge is 2.12. The van der Waals surface area contributed by atoms with Crippen molar-refractivity contribution in [1.29, 1.82) is 0 Å². The highest BCUT2D eigenvalue weighted by atomic mass is 16.4. The molecule has 2 atom stereocenters. The third-order valence-electron chi connectivity index (χ3n) is 4.93. The van der Waals surface area contributed by atoms with E-state index in [1.165, 1.54) is 12.8 Å². The zero-order valence-electron chi connectivity index (χ0n) is 17.9. The first-order chi connectivity index (χ1) is 14.4. The first kappa shape index (κ1) is 25.3. The number of nitrogens with one attached hydrogen (secondary N) is 1. The first-order valence-electron chi connectivity index (χ1n) is 10.7. The summed E-state index contributed by atoms with van der Waals surface area (Å²) in [6.07, 6.45) is 13.4. The molecule has 30 heavy (non-hydrogen) atoms. The summed E-state index contributed by atoms with van der Waals surface area (Å²) in [5, 5.41) is 13.9. The summed E-state index contributed by atoms with van der Waals surface area (Å²) in [4.78, 5) is 28.9. The summed E-state index contributed by atoms with van der Waals surface area (Å²) >= 11 is 0. The van der Waals surface area contributed by atoms with Crippen molar-refractivity contribution in [2.45, 2.75) is 70.8 Å². The van der Waals surface area contributed by atoms with Crippen LogP contribution in [0.1, 0.15) is 64.7 Å². The lowest BCUT2D eigenvalue weighted by Gasteiger charge is -2.27. The monoisotopic (exact) mass is 418 g/mol. The fourth-order valence-corrected chi connectivity index (χ4v) is 3.25. The fraction of sp³-hybridized carbons (Fsp3) is 0.591. The number of aldehydes is 1. The van der Waals surface area contributed by atoms with Crippen molar-refractivity contribution in [2.24, 2.45) is 22.4 Å². The molecule has 1 aromatic rings. The maximum absolute atomic E-state index is 11.3. The van der Waals surface area contributed by atoms with Crippen molar-refractivity contribution >= 4 is 24.0 Å². The number of unbranched alkanes of at least 4 members (excludes halogenated alkanes) is 6. The molecule has 0 aliphatic carbocycles. The van der Waals surface area contributed by atoms with E-state index in [0.717, 1.165) is 57.3 Å². The largest absolute Gasteiger partial charge is 0.478 e. The molecular weight excluding hydrogens is 382 g/mol. The van der Waals surface area contributed by atoms with Gasteiger partial charge in [0.05, 0.1) is 6.54 Å². The lowest BCUT2D eigenvalue weighted by atomic mass is 9.98. The van der Waals surface area contributed by atoms with Gasteiger partial charge in [-0.3, -0.25) is 0 Å². The minimum Gasteiger partial charge on any atom is -0.478 e. The van der Waals surface area contributed by atoms with Crippen LogP contribution in [0.25, 0.3) is 5.32 Å². The molecular formula is C22H36N5O3-. The maximum Gasteiger partial charge on any atom is 0.328 e. The number of carbonyl (C=O) groups is 2. The topological polar surface area (TPSA) is 149 Å². The normalized spacial score (nSPS) is 13.4. The maximum atomic E-state index is 11.3. The smallest absolute Gasteiger partial charge is 0.328 e. The van der Waals surface area contributed by atoms with Crippen molar-refractivity contribution < 1.29 is 14.7 Å². The molecule has 6 N–H and O–H groups in total. The van der Waals surface area contributed by atoms with Gasteiger partial charge in [-0.05, 0) is 24.5 Å². The standard InChI is InChI=1S/C22H36N5O3/c1-17(16-28)10-7-5-3-2-4-6-8-11-19(27-20-12-9-13-25-20)18(14-21(29)30)15-26-22(23)24/h9,12-14,16-17,19,25H,2-8,10-11,15H2,1H3,(H,29,30)(H4,23,24,26)/q-1/b18-14+/t17-,19+/m0/s1. The number of hydrogen-bond acceptors (Lipinski definition) is 3. The Hall–Kier alpha value is -2.77. The van der Waals surface area contributed by atoms with E-state index in [1.54, 1.807) is 6.20 Å². The van der Waals surface area contributed by atoms with Gasteiger partial charge in [0.1, 0.15) is 6.29 Å². The number of aromatic nitrogens is 1. The van der Waals surface area contributed by atoms with Crippen molar-refractivity contribution in [2.75, 3.05) is 6.54 Å². The van der Waals surface area contributed by atoms with Crippen molar-refractivity contribution in [1.82, 2.24) is 4.98 Å². The number of H-pyrrole nitrogens is 1. The number of aromatic amines is 1. The van der Waals surface area contributed by atoms with Crippen LogP contribution in [0.15, 0.2) is 35.0 Å². The average Bonchev–Trinajstić information content (AvgIpc) is 3.21. The molecule has 0 unspecified atom stereocenters. The van der Waals surface area contributed by atoms with Gasteiger partial charge in [-0.1, -0.05) is 76.0 Å². The number of carboxylic acids is 1. The van der Waals surface area contributed by atoms with Crippen LogP contribution in [0.2, 0.25) is 0 Å². The van der Waals surface area contributed by atoms with Gasteiger partial charge in [0.15, 0.2) is 5.96 Å². The summed E-state index contributed by atoms with van der Waals surface area (Å²) < 4.78 is 0. The van der Waals surface area contributed by atoms with E-state index in [9.17, 15) is 14.7 Å². The molecule has 0 fully saturated rings. The molecule has 8 nitrogen and oxygen atoms in total. The Labute approximate surface area is 179 Å². The lowest BCUT2D eigenvalue weighted by molar-refractivity contribution is -0.131. The number of carboxylic acid groups (broad SMARTS) is 1. The summed E-state index contributed by atoms with van der Waals surface area (Å²) in [6, 6.07) is 3.40. The lowest BCUT2D eigenvalue weighted by Crippen LogP contribution is -2.24. The second-order valence-electron chi connectivity index (χ2n) is 7.66. The van der Waals surface area contributed by atoms with Gasteiger partial charge in [0.25, 0.3) is 0 Å². The number of guanidine groups is 1. The summed E-state index contributed by atoms with van der Waals surface area (Å²) in [6.45, 7) is 2.07. The predicted octanol–water partition coefficient (Wildman–Crippen LogP) is 4.02. The summed E-state index contributed by atoms with van der Waals surface area (Å²) in [5.74, 6) is -0.248. The molecule has 0 bridgehead atoms. The molecule has 0 aromatic carbocycles. The third-order valence-corrected chi connectivity index (χ3v) is 4.93. The molecule has 0 aliphatic rings. The molecule has 1 aromatic heterocycles. The predicted molar refractivity (Wildman–Crippen MR) is 121 cm³/mol. The number of hydrogen-bond donors (Lipinski definition) is 4. The van der Waals surface area contributed by atoms with E-state index in [4.69, 9.17) is 11.5 Å². The van der Waals surface area contributed by atoms with Crippen LogP contribution in [0.5, 0.6) is 0 Å². The molecule has 1 heterocycles. The molecule has 0 amide bonds. The zero-order chi connectivity index (χ0) is 22.2. The third kappa shape index (κ3) is 11.9. The molecule has 0 aliphatic heterocycles. The Morgan fingerprint density at radius 3 is 2.33 bits per heavy atom. The van der Waals surface area contributed by atoms with Crippen LogP contribution in [-0.4, -0.2) is 40.9 Å². The van der Waals surface area contributed by atoms with Crippen LogP contribution in [0, 0.1) is 5.92 Å². The quantitative estimate of drug-likeness (QED) is 0.0991. The average molecular weight is 419 g/mol. The zero-order valence-corrected chi connectivity index (χ0v) is 17.9. The van der Waals surface area contributed by atoms with E-state index < -0.39 is 5.97 Å². The number of nitrogens with zero attached hydrogens (tertiary/aromatic N) is 2. The van der Waals surface area contributed by atoms with E-state index in [-0.39, 0.29) is 24.5 Å². The van der Waals surface area contributed by atoms with Gasteiger partial charge in [-0.2, -0.15) is 0 Å². The van der Waals surface area contributed by atoms with Gasteiger partial charge >= 0.3 is 5.97 Å². The Balaban J connectivity index is 2.49. The Morgan fingerprint density at radius 2 is 1.80 bits per heavy atom. The van der Waals surface area contributed by atoms with Gasteiger partial charge in [0, 0.05) is 12.0 Å².